The van der Waals surface area contributed by atoms with E-state index in [0.717, 1.165) is 5.56 Å². The Labute approximate surface area is 180 Å². The van der Waals surface area contributed by atoms with Gasteiger partial charge in [-0.25, -0.2) is 0 Å². The van der Waals surface area contributed by atoms with Crippen LogP contribution in [0, 0.1) is 0 Å². The van der Waals surface area contributed by atoms with Crippen molar-refractivity contribution in [2.45, 2.75) is 25.5 Å². The molecule has 0 saturated carbocycles. The first-order valence-electron chi connectivity index (χ1n) is 9.81. The standard InChI is InChI=1S/C23H26N2O6/c1-29-20-10-18(19(24)11-21(20)31-14-15-6-4-3-5-7-15)23(28)25-12-16(8-17(25)13-26)9-22(27)30-2/h3-7,10-12,17,26H,8-9,13-14,24H2,1-2H3/t17-/m0/s1. The Bertz CT molecular complexity index is 974. The van der Waals surface area contributed by atoms with E-state index in [1.165, 1.54) is 25.2 Å². The molecule has 1 aliphatic heterocycles. The molecule has 8 nitrogen and oxygen atoms in total. The minimum Gasteiger partial charge on any atom is -0.493 e. The van der Waals surface area contributed by atoms with Crippen molar-refractivity contribution in [2.24, 2.45) is 0 Å². The quantitative estimate of drug-likeness (QED) is 0.493. The number of ether oxygens (including phenoxy) is 3. The Morgan fingerprint density at radius 2 is 1.90 bits per heavy atom. The van der Waals surface area contributed by atoms with Crippen molar-refractivity contribution in [1.29, 1.82) is 0 Å². The maximum atomic E-state index is 13.2. The third kappa shape index (κ3) is 5.16. The minimum absolute atomic E-state index is 0.0574. The van der Waals surface area contributed by atoms with Gasteiger partial charge in [-0.1, -0.05) is 30.3 Å². The monoisotopic (exact) mass is 426 g/mol. The van der Waals surface area contributed by atoms with Crippen LogP contribution < -0.4 is 15.2 Å². The van der Waals surface area contributed by atoms with Crippen molar-refractivity contribution in [3.05, 3.63) is 65.4 Å². The molecule has 1 aliphatic rings. The van der Waals surface area contributed by atoms with E-state index >= 15 is 0 Å². The molecule has 1 atom stereocenters. The van der Waals surface area contributed by atoms with Gasteiger partial charge >= 0.3 is 5.97 Å². The topological polar surface area (TPSA) is 111 Å². The zero-order valence-electron chi connectivity index (χ0n) is 17.5. The molecular weight excluding hydrogens is 400 g/mol. The zero-order valence-corrected chi connectivity index (χ0v) is 17.5. The number of nitrogens with two attached hydrogens (primary N) is 1. The highest BCUT2D eigenvalue weighted by Crippen LogP contribution is 2.35. The van der Waals surface area contributed by atoms with Crippen LogP contribution in [0.1, 0.15) is 28.8 Å². The molecule has 8 heteroatoms. The number of hydrogen-bond acceptors (Lipinski definition) is 7. The second kappa shape index (κ2) is 9.99. The number of esters is 1. The molecule has 3 N–H and O–H groups in total. The number of carbonyl (C=O) groups excluding carboxylic acids is 2. The van der Waals surface area contributed by atoms with Crippen molar-refractivity contribution >= 4 is 17.6 Å². The zero-order chi connectivity index (χ0) is 22.4. The molecular formula is C23H26N2O6. The molecule has 0 saturated heterocycles. The Kier molecular flexibility index (Phi) is 7.15. The fourth-order valence-electron chi connectivity index (χ4n) is 3.42. The molecule has 164 valence electrons. The molecule has 0 aromatic heterocycles. The van der Waals surface area contributed by atoms with Crippen LogP contribution in [0.25, 0.3) is 0 Å². The van der Waals surface area contributed by atoms with Gasteiger partial charge in [-0.3, -0.25) is 9.59 Å². The van der Waals surface area contributed by atoms with Crippen molar-refractivity contribution in [2.75, 3.05) is 26.6 Å². The average molecular weight is 426 g/mol. The minimum atomic E-state index is -0.480. The molecule has 31 heavy (non-hydrogen) atoms. The van der Waals surface area contributed by atoms with E-state index < -0.39 is 17.9 Å². The lowest BCUT2D eigenvalue weighted by atomic mass is 10.1. The number of hydrogen-bond donors (Lipinski definition) is 2. The van der Waals surface area contributed by atoms with Crippen LogP contribution >= 0.6 is 0 Å². The molecule has 0 aliphatic carbocycles. The Morgan fingerprint density at radius 1 is 1.16 bits per heavy atom. The second-order valence-corrected chi connectivity index (χ2v) is 7.16. The number of amides is 1. The molecule has 2 aromatic rings. The number of nitrogen functional groups attached to an aromatic ring is 1. The Balaban J connectivity index is 1.82. The van der Waals surface area contributed by atoms with Gasteiger partial charge in [0, 0.05) is 18.0 Å². The van der Waals surface area contributed by atoms with Gasteiger partial charge in [0.05, 0.1) is 38.9 Å². The molecule has 2 aromatic carbocycles. The summed E-state index contributed by atoms with van der Waals surface area (Å²) in [5.41, 5.74) is 8.29. The van der Waals surface area contributed by atoms with Gasteiger partial charge < -0.3 is 30.0 Å². The van der Waals surface area contributed by atoms with Crippen LogP contribution in [0.15, 0.2) is 54.2 Å². The van der Waals surface area contributed by atoms with Gasteiger partial charge in [-0.05, 0) is 23.6 Å². The fourth-order valence-corrected chi connectivity index (χ4v) is 3.42. The summed E-state index contributed by atoms with van der Waals surface area (Å²) in [5, 5.41) is 9.71. The summed E-state index contributed by atoms with van der Waals surface area (Å²) in [4.78, 5) is 26.1. The molecule has 3 rings (SSSR count). The summed E-state index contributed by atoms with van der Waals surface area (Å²) >= 11 is 0. The van der Waals surface area contributed by atoms with Crippen LogP contribution in [-0.4, -0.2) is 48.8 Å². The SMILES string of the molecule is COC(=O)CC1=CN(C(=O)c2cc(OC)c(OCc3ccccc3)cc2N)[C@H](CO)C1. The van der Waals surface area contributed by atoms with Gasteiger partial charge in [0.2, 0.25) is 0 Å². The highest BCUT2D eigenvalue weighted by Gasteiger charge is 2.31. The third-order valence-electron chi connectivity index (χ3n) is 5.06. The fraction of sp³-hybridized carbons (Fsp3) is 0.304. The van der Waals surface area contributed by atoms with Crippen LogP contribution in [0.4, 0.5) is 5.69 Å². The molecule has 1 amide bonds. The third-order valence-corrected chi connectivity index (χ3v) is 5.06. The summed E-state index contributed by atoms with van der Waals surface area (Å²) < 4.78 is 15.9. The van der Waals surface area contributed by atoms with E-state index in [0.29, 0.717) is 30.1 Å². The molecule has 0 fully saturated rings. The van der Waals surface area contributed by atoms with Crippen molar-refractivity contribution in [3.63, 3.8) is 0 Å². The highest BCUT2D eigenvalue weighted by atomic mass is 16.5. The number of nitrogens with zero attached hydrogens (tertiary/aromatic N) is 1. The molecule has 0 spiro atoms. The lowest BCUT2D eigenvalue weighted by molar-refractivity contribution is -0.139. The lowest BCUT2D eigenvalue weighted by Crippen LogP contribution is -2.35. The van der Waals surface area contributed by atoms with Crippen LogP contribution in [0.3, 0.4) is 0 Å². The summed E-state index contributed by atoms with van der Waals surface area (Å²) in [5.74, 6) is -0.0166. The predicted octanol–water partition coefficient (Wildman–Crippen LogP) is 2.51. The summed E-state index contributed by atoms with van der Waals surface area (Å²) in [6.07, 6.45) is 2.01. The summed E-state index contributed by atoms with van der Waals surface area (Å²) in [6.45, 7) is 0.0739. The van der Waals surface area contributed by atoms with E-state index in [2.05, 4.69) is 4.74 Å². The normalized spacial score (nSPS) is 15.4. The van der Waals surface area contributed by atoms with E-state index in [1.807, 2.05) is 30.3 Å². The van der Waals surface area contributed by atoms with Crippen LogP contribution in [0.5, 0.6) is 11.5 Å². The number of rotatable bonds is 8. The molecule has 0 radical (unpaired) electrons. The molecule has 0 bridgehead atoms. The summed E-state index contributed by atoms with van der Waals surface area (Å²) in [7, 11) is 2.79. The van der Waals surface area contributed by atoms with Crippen molar-refractivity contribution < 1.29 is 28.9 Å². The summed E-state index contributed by atoms with van der Waals surface area (Å²) in [6, 6.07) is 12.2. The maximum Gasteiger partial charge on any atom is 0.309 e. The van der Waals surface area contributed by atoms with Gasteiger partial charge in [-0.2, -0.15) is 0 Å². The first-order chi connectivity index (χ1) is 15.0. The lowest BCUT2D eigenvalue weighted by Gasteiger charge is -2.23. The van der Waals surface area contributed by atoms with Gasteiger partial charge in [0.25, 0.3) is 5.91 Å². The van der Waals surface area contributed by atoms with Gasteiger partial charge in [0.1, 0.15) is 6.61 Å². The number of benzene rings is 2. The first-order valence-corrected chi connectivity index (χ1v) is 9.81. The number of aliphatic hydroxyl groups excluding tert-OH is 1. The number of aliphatic hydroxyl groups is 1. The number of carbonyl (C=O) groups is 2. The van der Waals surface area contributed by atoms with E-state index in [-0.39, 0.29) is 24.3 Å². The highest BCUT2D eigenvalue weighted by molar-refractivity contribution is 6.01. The van der Waals surface area contributed by atoms with E-state index in [4.69, 9.17) is 15.2 Å². The van der Waals surface area contributed by atoms with Crippen molar-refractivity contribution in [3.8, 4) is 11.5 Å². The predicted molar refractivity (Wildman–Crippen MR) is 115 cm³/mol. The average Bonchev–Trinajstić information content (AvgIpc) is 3.20. The Hall–Kier alpha value is -3.52. The Morgan fingerprint density at radius 3 is 2.55 bits per heavy atom. The number of anilines is 1. The van der Waals surface area contributed by atoms with E-state index in [9.17, 15) is 14.7 Å². The van der Waals surface area contributed by atoms with Gasteiger partial charge in [0.15, 0.2) is 11.5 Å². The maximum absolute atomic E-state index is 13.2. The molecule has 1 heterocycles. The molecule has 0 unspecified atom stereocenters. The van der Waals surface area contributed by atoms with Crippen LogP contribution in [-0.2, 0) is 16.1 Å². The first kappa shape index (κ1) is 22.2. The van der Waals surface area contributed by atoms with E-state index in [1.54, 1.807) is 12.3 Å². The number of methoxy groups -OCH3 is 2. The van der Waals surface area contributed by atoms with Gasteiger partial charge in [-0.15, -0.1) is 0 Å². The largest absolute Gasteiger partial charge is 0.493 e. The smallest absolute Gasteiger partial charge is 0.309 e. The van der Waals surface area contributed by atoms with Crippen LogP contribution in [0.2, 0.25) is 0 Å². The van der Waals surface area contributed by atoms with Crippen molar-refractivity contribution in [1.82, 2.24) is 4.90 Å². The second-order valence-electron chi connectivity index (χ2n) is 7.16.